The molecule has 1 aromatic rings. The molecule has 0 radical (unpaired) electrons. The van der Waals surface area contributed by atoms with Crippen LogP contribution in [0.15, 0.2) is 24.3 Å². The zero-order valence-corrected chi connectivity index (χ0v) is 16.7. The number of para-hydroxylation sites is 2. The van der Waals surface area contributed by atoms with Gasteiger partial charge >= 0.3 is 0 Å². The monoisotopic (exact) mass is 386 g/mol. The van der Waals surface area contributed by atoms with Crippen LogP contribution in [0.5, 0.6) is 0 Å². The molecular formula is C21H30N4O3. The van der Waals surface area contributed by atoms with Gasteiger partial charge in [0, 0.05) is 39.3 Å². The maximum atomic E-state index is 13.1. The Morgan fingerprint density at radius 1 is 1.04 bits per heavy atom. The van der Waals surface area contributed by atoms with Crippen molar-refractivity contribution in [1.29, 1.82) is 0 Å². The Kier molecular flexibility index (Phi) is 5.55. The van der Waals surface area contributed by atoms with E-state index in [1.54, 1.807) is 0 Å². The molecule has 2 aliphatic heterocycles. The molecule has 0 aromatic heterocycles. The number of likely N-dealkylation sites (N-methyl/N-ethyl adjacent to an activating group) is 1. The summed E-state index contributed by atoms with van der Waals surface area (Å²) in [4.78, 5) is 32.7. The number of benzene rings is 1. The Morgan fingerprint density at radius 2 is 1.71 bits per heavy atom. The van der Waals surface area contributed by atoms with Gasteiger partial charge in [-0.25, -0.2) is 0 Å². The zero-order chi connectivity index (χ0) is 19.6. The Bertz CT molecular complexity index is 720. The Hall–Kier alpha value is -2.12. The highest BCUT2D eigenvalue weighted by Gasteiger charge is 2.58. The summed E-state index contributed by atoms with van der Waals surface area (Å²) in [5.74, 6) is -0.152. The SMILES string of the molecule is CCN1CCN(C(=O)C2(C(=O)Nc3ccccc3N3CCOCC3)CC2)CC1. The number of nitrogens with zero attached hydrogens (tertiary/aromatic N) is 3. The predicted octanol–water partition coefficient (Wildman–Crippen LogP) is 1.41. The van der Waals surface area contributed by atoms with Crippen LogP contribution >= 0.6 is 0 Å². The molecule has 1 saturated carbocycles. The molecule has 28 heavy (non-hydrogen) atoms. The van der Waals surface area contributed by atoms with Gasteiger partial charge in [0.05, 0.1) is 24.6 Å². The van der Waals surface area contributed by atoms with Crippen molar-refractivity contribution in [3.05, 3.63) is 24.3 Å². The van der Waals surface area contributed by atoms with Gasteiger partial charge in [-0.1, -0.05) is 19.1 Å². The summed E-state index contributed by atoms with van der Waals surface area (Å²) in [6.07, 6.45) is 1.29. The van der Waals surface area contributed by atoms with E-state index >= 15 is 0 Å². The van der Waals surface area contributed by atoms with E-state index in [9.17, 15) is 9.59 Å². The van der Waals surface area contributed by atoms with E-state index in [4.69, 9.17) is 4.74 Å². The molecule has 7 heteroatoms. The molecule has 1 N–H and O–H groups in total. The first-order valence-corrected chi connectivity index (χ1v) is 10.4. The van der Waals surface area contributed by atoms with Gasteiger partial charge in [-0.3, -0.25) is 9.59 Å². The van der Waals surface area contributed by atoms with E-state index in [0.717, 1.165) is 44.1 Å². The summed E-state index contributed by atoms with van der Waals surface area (Å²) in [5, 5.41) is 3.07. The quantitative estimate of drug-likeness (QED) is 0.775. The van der Waals surface area contributed by atoms with Crippen LogP contribution in [0, 0.1) is 5.41 Å². The van der Waals surface area contributed by atoms with Gasteiger partial charge in [-0.15, -0.1) is 0 Å². The largest absolute Gasteiger partial charge is 0.378 e. The number of hydrogen-bond donors (Lipinski definition) is 1. The number of nitrogens with one attached hydrogen (secondary N) is 1. The molecule has 152 valence electrons. The second kappa shape index (κ2) is 8.09. The lowest BCUT2D eigenvalue weighted by molar-refractivity contribution is -0.143. The van der Waals surface area contributed by atoms with Crippen LogP contribution in [-0.2, 0) is 14.3 Å². The number of rotatable bonds is 5. The second-order valence-electron chi connectivity index (χ2n) is 7.88. The minimum atomic E-state index is -0.869. The van der Waals surface area contributed by atoms with Crippen molar-refractivity contribution in [3.8, 4) is 0 Å². The topological polar surface area (TPSA) is 65.1 Å². The summed E-state index contributed by atoms with van der Waals surface area (Å²) < 4.78 is 5.44. The maximum absolute atomic E-state index is 13.1. The van der Waals surface area contributed by atoms with Crippen LogP contribution in [0.3, 0.4) is 0 Å². The van der Waals surface area contributed by atoms with Crippen molar-refractivity contribution in [3.63, 3.8) is 0 Å². The Morgan fingerprint density at radius 3 is 2.36 bits per heavy atom. The number of ether oxygens (including phenoxy) is 1. The van der Waals surface area contributed by atoms with E-state index < -0.39 is 5.41 Å². The average molecular weight is 386 g/mol. The van der Waals surface area contributed by atoms with Crippen LogP contribution in [0.2, 0.25) is 0 Å². The normalized spacial score (nSPS) is 22.0. The number of anilines is 2. The first-order chi connectivity index (χ1) is 13.6. The number of morpholine rings is 1. The molecule has 3 aliphatic rings. The summed E-state index contributed by atoms with van der Waals surface area (Å²) in [5.41, 5.74) is 0.912. The number of hydrogen-bond acceptors (Lipinski definition) is 5. The van der Waals surface area contributed by atoms with Crippen LogP contribution in [0.25, 0.3) is 0 Å². The van der Waals surface area contributed by atoms with E-state index in [1.165, 1.54) is 0 Å². The maximum Gasteiger partial charge on any atom is 0.240 e. The van der Waals surface area contributed by atoms with Crippen molar-refractivity contribution in [1.82, 2.24) is 9.80 Å². The molecular weight excluding hydrogens is 356 g/mol. The number of carbonyl (C=O) groups excluding carboxylic acids is 2. The molecule has 0 spiro atoms. The van der Waals surface area contributed by atoms with Gasteiger partial charge < -0.3 is 24.8 Å². The van der Waals surface area contributed by atoms with Gasteiger partial charge in [0.2, 0.25) is 11.8 Å². The van der Waals surface area contributed by atoms with E-state index in [1.807, 2.05) is 29.2 Å². The smallest absolute Gasteiger partial charge is 0.240 e. The summed E-state index contributed by atoms with van der Waals surface area (Å²) in [7, 11) is 0. The third-order valence-corrected chi connectivity index (χ3v) is 6.20. The molecule has 2 amide bonds. The molecule has 2 saturated heterocycles. The molecule has 0 unspecified atom stereocenters. The predicted molar refractivity (Wildman–Crippen MR) is 108 cm³/mol. The van der Waals surface area contributed by atoms with Gasteiger partial charge in [0.25, 0.3) is 0 Å². The number of piperazine rings is 1. The number of amides is 2. The van der Waals surface area contributed by atoms with E-state index in [2.05, 4.69) is 22.0 Å². The molecule has 4 rings (SSSR count). The van der Waals surface area contributed by atoms with E-state index in [0.29, 0.717) is 39.1 Å². The van der Waals surface area contributed by atoms with Crippen LogP contribution in [0.1, 0.15) is 19.8 Å². The summed E-state index contributed by atoms with van der Waals surface area (Å²) >= 11 is 0. The van der Waals surface area contributed by atoms with Crippen molar-refractivity contribution in [2.45, 2.75) is 19.8 Å². The highest BCUT2D eigenvalue weighted by molar-refractivity contribution is 6.13. The molecule has 2 heterocycles. The molecule has 1 aromatic carbocycles. The van der Waals surface area contributed by atoms with Gasteiger partial charge in [0.1, 0.15) is 5.41 Å². The second-order valence-corrected chi connectivity index (χ2v) is 7.88. The molecule has 0 atom stereocenters. The summed E-state index contributed by atoms with van der Waals surface area (Å²) in [6.45, 7) is 9.34. The summed E-state index contributed by atoms with van der Waals surface area (Å²) in [6, 6.07) is 7.84. The third-order valence-electron chi connectivity index (χ3n) is 6.20. The lowest BCUT2D eigenvalue weighted by Gasteiger charge is -2.36. The number of carbonyl (C=O) groups is 2. The molecule has 1 aliphatic carbocycles. The molecule has 0 bridgehead atoms. The first-order valence-electron chi connectivity index (χ1n) is 10.4. The average Bonchev–Trinajstić information content (AvgIpc) is 3.56. The zero-order valence-electron chi connectivity index (χ0n) is 16.7. The highest BCUT2D eigenvalue weighted by Crippen LogP contribution is 2.48. The van der Waals surface area contributed by atoms with Crippen molar-refractivity contribution in [2.24, 2.45) is 5.41 Å². The van der Waals surface area contributed by atoms with Crippen LogP contribution in [-0.4, -0.2) is 80.6 Å². The minimum absolute atomic E-state index is 0.00427. The Labute approximate surface area is 166 Å². The standard InChI is InChI=1S/C21H30N4O3/c1-2-23-9-11-25(12-10-23)20(27)21(7-8-21)19(26)22-17-5-3-4-6-18(17)24-13-15-28-16-14-24/h3-6H,2,7-16H2,1H3,(H,22,26). The molecule has 7 nitrogen and oxygen atoms in total. The first kappa shape index (κ1) is 19.2. The lowest BCUT2D eigenvalue weighted by atomic mass is 10.0. The Balaban J connectivity index is 1.44. The highest BCUT2D eigenvalue weighted by atomic mass is 16.5. The minimum Gasteiger partial charge on any atom is -0.378 e. The lowest BCUT2D eigenvalue weighted by Crippen LogP contribution is -2.52. The van der Waals surface area contributed by atoms with Crippen LogP contribution in [0.4, 0.5) is 11.4 Å². The van der Waals surface area contributed by atoms with Crippen molar-refractivity contribution >= 4 is 23.2 Å². The fourth-order valence-electron chi connectivity index (χ4n) is 4.13. The van der Waals surface area contributed by atoms with E-state index in [-0.39, 0.29) is 11.8 Å². The molecule has 3 fully saturated rings. The van der Waals surface area contributed by atoms with Crippen molar-refractivity contribution < 1.29 is 14.3 Å². The van der Waals surface area contributed by atoms with Crippen molar-refractivity contribution in [2.75, 3.05) is 69.2 Å². The third kappa shape index (κ3) is 3.73. The van der Waals surface area contributed by atoms with Gasteiger partial charge in [-0.2, -0.15) is 0 Å². The van der Waals surface area contributed by atoms with Crippen LogP contribution < -0.4 is 10.2 Å². The fourth-order valence-corrected chi connectivity index (χ4v) is 4.13. The van der Waals surface area contributed by atoms with Gasteiger partial charge in [-0.05, 0) is 31.5 Å². The fraction of sp³-hybridized carbons (Fsp3) is 0.619. The van der Waals surface area contributed by atoms with Gasteiger partial charge in [0.15, 0.2) is 0 Å².